The van der Waals surface area contributed by atoms with Gasteiger partial charge in [0.25, 0.3) is 0 Å². The van der Waals surface area contributed by atoms with E-state index in [1.54, 1.807) is 30.3 Å². The van der Waals surface area contributed by atoms with Crippen LogP contribution in [0.15, 0.2) is 36.4 Å². The highest BCUT2D eigenvalue weighted by Gasteiger charge is 2.33. The summed E-state index contributed by atoms with van der Waals surface area (Å²) in [6.45, 7) is -0.427. The Balaban J connectivity index is 2.42. The molecule has 1 atom stereocenters. The van der Waals surface area contributed by atoms with Crippen molar-refractivity contribution in [1.29, 1.82) is 5.26 Å². The number of halogens is 3. The largest absolute Gasteiger partial charge is 0.496 e. The number of aromatic nitrogens is 1. The summed E-state index contributed by atoms with van der Waals surface area (Å²) in [6.07, 6.45) is -4.64. The molecule has 2 rings (SSSR count). The summed E-state index contributed by atoms with van der Waals surface area (Å²) >= 11 is 0. The Labute approximate surface area is 136 Å². The van der Waals surface area contributed by atoms with E-state index in [0.717, 1.165) is 12.1 Å². The van der Waals surface area contributed by atoms with Crippen LogP contribution in [0.1, 0.15) is 22.9 Å². The zero-order chi connectivity index (χ0) is 17.7. The van der Waals surface area contributed by atoms with Crippen LogP contribution in [0.2, 0.25) is 0 Å². The minimum Gasteiger partial charge on any atom is -0.496 e. The first-order valence-corrected chi connectivity index (χ1v) is 6.89. The van der Waals surface area contributed by atoms with Crippen molar-refractivity contribution in [3.8, 4) is 11.8 Å². The number of nitriles is 1. The molecule has 5 nitrogen and oxygen atoms in total. The van der Waals surface area contributed by atoms with Gasteiger partial charge in [-0.05, 0) is 18.2 Å². The first-order chi connectivity index (χ1) is 11.4. The minimum absolute atomic E-state index is 0.0589. The van der Waals surface area contributed by atoms with E-state index in [1.165, 1.54) is 7.11 Å². The number of anilines is 1. The fourth-order valence-electron chi connectivity index (χ4n) is 2.16. The van der Waals surface area contributed by atoms with Gasteiger partial charge in [0.2, 0.25) is 0 Å². The van der Waals surface area contributed by atoms with Crippen LogP contribution >= 0.6 is 0 Å². The van der Waals surface area contributed by atoms with Crippen LogP contribution in [-0.4, -0.2) is 23.8 Å². The zero-order valence-electron chi connectivity index (χ0n) is 12.6. The number of nitrogens with one attached hydrogen (secondary N) is 1. The van der Waals surface area contributed by atoms with E-state index in [-0.39, 0.29) is 11.4 Å². The molecule has 0 aliphatic rings. The Morgan fingerprint density at radius 2 is 2.00 bits per heavy atom. The predicted octanol–water partition coefficient (Wildman–Crippen LogP) is 3.13. The third kappa shape index (κ3) is 3.75. The molecule has 0 spiro atoms. The van der Waals surface area contributed by atoms with Crippen molar-refractivity contribution in [3.63, 3.8) is 0 Å². The number of nitrogens with zero attached hydrogens (tertiary/aromatic N) is 2. The Morgan fingerprint density at radius 1 is 1.29 bits per heavy atom. The van der Waals surface area contributed by atoms with Crippen LogP contribution in [0, 0.1) is 11.3 Å². The van der Waals surface area contributed by atoms with Gasteiger partial charge in [0.05, 0.1) is 25.3 Å². The summed E-state index contributed by atoms with van der Waals surface area (Å²) in [4.78, 5) is 3.47. The van der Waals surface area contributed by atoms with Crippen LogP contribution in [0.4, 0.5) is 19.0 Å². The van der Waals surface area contributed by atoms with Crippen LogP contribution in [0.5, 0.6) is 5.75 Å². The predicted molar refractivity (Wildman–Crippen MR) is 80.4 cm³/mol. The molecule has 2 N–H and O–H groups in total. The lowest BCUT2D eigenvalue weighted by Crippen LogP contribution is -2.19. The summed E-state index contributed by atoms with van der Waals surface area (Å²) in [5.74, 6) is 0.201. The summed E-state index contributed by atoms with van der Waals surface area (Å²) < 4.78 is 43.6. The SMILES string of the molecule is COc1ccccc1[C@@H](CO)Nc1nc(C(F)(F)F)ccc1C#N. The quantitative estimate of drug-likeness (QED) is 0.876. The smallest absolute Gasteiger partial charge is 0.433 e. The first kappa shape index (κ1) is 17.6. The number of hydrogen-bond donors (Lipinski definition) is 2. The van der Waals surface area contributed by atoms with Crippen molar-refractivity contribution in [2.45, 2.75) is 12.2 Å². The molecule has 0 saturated heterocycles. The van der Waals surface area contributed by atoms with Crippen molar-refractivity contribution in [3.05, 3.63) is 53.2 Å². The molecule has 2 aromatic rings. The Hall–Kier alpha value is -2.79. The van der Waals surface area contributed by atoms with E-state index in [0.29, 0.717) is 11.3 Å². The molecule has 0 amide bonds. The number of ether oxygens (including phenoxy) is 1. The topological polar surface area (TPSA) is 78.2 Å². The van der Waals surface area contributed by atoms with Crippen molar-refractivity contribution < 1.29 is 23.0 Å². The average Bonchev–Trinajstić information content (AvgIpc) is 2.58. The maximum atomic E-state index is 12.8. The molecule has 0 radical (unpaired) electrons. The minimum atomic E-state index is -4.64. The molecule has 0 unspecified atom stereocenters. The van der Waals surface area contributed by atoms with Crippen LogP contribution in [0.25, 0.3) is 0 Å². The third-order valence-electron chi connectivity index (χ3n) is 3.31. The highest BCUT2D eigenvalue weighted by atomic mass is 19.4. The molecule has 0 fully saturated rings. The van der Waals surface area contributed by atoms with Gasteiger partial charge < -0.3 is 15.2 Å². The monoisotopic (exact) mass is 337 g/mol. The van der Waals surface area contributed by atoms with Gasteiger partial charge in [0.15, 0.2) is 0 Å². The van der Waals surface area contributed by atoms with Gasteiger partial charge in [-0.3, -0.25) is 0 Å². The van der Waals surface area contributed by atoms with Crippen molar-refractivity contribution >= 4 is 5.82 Å². The number of para-hydroxylation sites is 1. The second-order valence-electron chi connectivity index (χ2n) is 4.82. The average molecular weight is 337 g/mol. The van der Waals surface area contributed by atoms with E-state index in [9.17, 15) is 18.3 Å². The Morgan fingerprint density at radius 3 is 2.58 bits per heavy atom. The van der Waals surface area contributed by atoms with Gasteiger partial charge in [0, 0.05) is 5.56 Å². The van der Waals surface area contributed by atoms with Crippen LogP contribution in [0.3, 0.4) is 0 Å². The van der Waals surface area contributed by atoms with Gasteiger partial charge in [-0.1, -0.05) is 18.2 Å². The normalized spacial score (nSPS) is 12.3. The third-order valence-corrected chi connectivity index (χ3v) is 3.31. The highest BCUT2D eigenvalue weighted by molar-refractivity contribution is 5.54. The fourth-order valence-corrected chi connectivity index (χ4v) is 2.16. The first-order valence-electron chi connectivity index (χ1n) is 6.89. The molecule has 1 heterocycles. The van der Waals surface area contributed by atoms with Crippen molar-refractivity contribution in [2.24, 2.45) is 0 Å². The lowest BCUT2D eigenvalue weighted by Gasteiger charge is -2.21. The number of pyridine rings is 1. The maximum absolute atomic E-state index is 12.8. The maximum Gasteiger partial charge on any atom is 0.433 e. The van der Waals surface area contributed by atoms with Crippen LogP contribution in [-0.2, 0) is 6.18 Å². The van der Waals surface area contributed by atoms with Crippen LogP contribution < -0.4 is 10.1 Å². The number of alkyl halides is 3. The number of methoxy groups -OCH3 is 1. The molecule has 0 saturated carbocycles. The van der Waals surface area contributed by atoms with E-state index >= 15 is 0 Å². The summed E-state index contributed by atoms with van der Waals surface area (Å²) in [5, 5.41) is 21.4. The van der Waals surface area contributed by atoms with Crippen molar-refractivity contribution in [1.82, 2.24) is 4.98 Å². The van der Waals surface area contributed by atoms with E-state index in [1.807, 2.05) is 0 Å². The number of hydrogen-bond acceptors (Lipinski definition) is 5. The number of aliphatic hydroxyl groups is 1. The van der Waals surface area contributed by atoms with E-state index in [2.05, 4.69) is 10.3 Å². The highest BCUT2D eigenvalue weighted by Crippen LogP contribution is 2.32. The van der Waals surface area contributed by atoms with Gasteiger partial charge >= 0.3 is 6.18 Å². The molecule has 8 heteroatoms. The number of benzene rings is 1. The second-order valence-corrected chi connectivity index (χ2v) is 4.82. The number of aliphatic hydroxyl groups excluding tert-OH is 1. The van der Waals surface area contributed by atoms with Gasteiger partial charge in [-0.15, -0.1) is 0 Å². The zero-order valence-corrected chi connectivity index (χ0v) is 12.6. The lowest BCUT2D eigenvalue weighted by atomic mass is 10.1. The summed E-state index contributed by atoms with van der Waals surface area (Å²) in [6, 6.07) is 9.50. The Bertz CT molecular complexity index is 757. The molecule has 0 bridgehead atoms. The standard InChI is InChI=1S/C16H14F3N3O2/c1-24-13-5-3-2-4-11(13)12(9-23)21-15-10(8-20)6-7-14(22-15)16(17,18)19/h2-7,12,23H,9H2,1H3,(H,21,22)/t12-/m1/s1. The second kappa shape index (κ2) is 7.19. The molecular weight excluding hydrogens is 323 g/mol. The molecule has 1 aromatic carbocycles. The molecular formula is C16H14F3N3O2. The summed E-state index contributed by atoms with van der Waals surface area (Å²) in [5.41, 5.74) is -0.650. The van der Waals surface area contributed by atoms with Crippen molar-refractivity contribution in [2.75, 3.05) is 19.0 Å². The van der Waals surface area contributed by atoms with E-state index in [4.69, 9.17) is 10.00 Å². The van der Waals surface area contributed by atoms with Gasteiger partial charge in [0.1, 0.15) is 23.3 Å². The molecule has 0 aliphatic carbocycles. The molecule has 0 aliphatic heterocycles. The van der Waals surface area contributed by atoms with Gasteiger partial charge in [-0.25, -0.2) is 4.98 Å². The Kier molecular flexibility index (Phi) is 5.26. The molecule has 24 heavy (non-hydrogen) atoms. The fraction of sp³-hybridized carbons (Fsp3) is 0.250. The molecule has 126 valence electrons. The molecule has 1 aromatic heterocycles. The van der Waals surface area contributed by atoms with E-state index < -0.39 is 24.5 Å². The number of rotatable bonds is 5. The summed E-state index contributed by atoms with van der Waals surface area (Å²) in [7, 11) is 1.44. The van der Waals surface area contributed by atoms with Gasteiger partial charge in [-0.2, -0.15) is 18.4 Å². The lowest BCUT2D eigenvalue weighted by molar-refractivity contribution is -0.141.